The van der Waals surface area contributed by atoms with Crippen molar-refractivity contribution in [3.05, 3.63) is 66.1 Å². The number of hydrogen-bond donors (Lipinski definition) is 2. The van der Waals surface area contributed by atoms with Gasteiger partial charge in [0.1, 0.15) is 17.4 Å². The van der Waals surface area contributed by atoms with Gasteiger partial charge in [0.15, 0.2) is 0 Å². The Hall–Kier alpha value is -3.72. The molecule has 2 aliphatic rings. The fourth-order valence-electron chi connectivity index (χ4n) is 4.71. The lowest BCUT2D eigenvalue weighted by Gasteiger charge is -2.39. The number of carbonyl (C=O) groups excluding carboxylic acids is 1. The molecule has 0 saturated heterocycles. The molecule has 2 heterocycles. The second kappa shape index (κ2) is 12.7. The molecule has 38 heavy (non-hydrogen) atoms. The van der Waals surface area contributed by atoms with Gasteiger partial charge in [-0.2, -0.15) is 4.98 Å². The molecular weight excluding hydrogens is 485 g/mol. The van der Waals surface area contributed by atoms with Gasteiger partial charge in [-0.25, -0.2) is 14.2 Å². The van der Waals surface area contributed by atoms with E-state index < -0.39 is 6.10 Å². The van der Waals surface area contributed by atoms with Gasteiger partial charge in [-0.05, 0) is 67.8 Å². The van der Waals surface area contributed by atoms with Crippen molar-refractivity contribution in [2.45, 2.75) is 71.1 Å². The van der Waals surface area contributed by atoms with Crippen LogP contribution in [0.15, 0.2) is 54.7 Å². The van der Waals surface area contributed by atoms with Crippen LogP contribution in [0.4, 0.5) is 32.3 Å². The fraction of sp³-hybridized carbons (Fsp3) is 0.414. The number of nitrogens with one attached hydrogen (secondary N) is 1. The number of carbonyl (C=O) groups is 1. The number of amides is 2. The zero-order chi connectivity index (χ0) is 27.1. The van der Waals surface area contributed by atoms with Crippen LogP contribution in [0.5, 0.6) is 5.75 Å². The van der Waals surface area contributed by atoms with Gasteiger partial charge in [-0.15, -0.1) is 0 Å². The Labute approximate surface area is 223 Å². The summed E-state index contributed by atoms with van der Waals surface area (Å²) in [6.45, 7) is 4.75. The van der Waals surface area contributed by atoms with Crippen LogP contribution in [0.3, 0.4) is 0 Å². The number of ether oxygens (including phenoxy) is 1. The SMILES string of the molecule is CCCCC.COc1ccc(N2Cc3cnc(Nc4ccc(F)cc4)nc3N([C@H]3CC[C@H](O)C3)C2=O)cc1. The Morgan fingerprint density at radius 3 is 2.37 bits per heavy atom. The minimum Gasteiger partial charge on any atom is -0.497 e. The topological polar surface area (TPSA) is 90.8 Å². The summed E-state index contributed by atoms with van der Waals surface area (Å²) in [4.78, 5) is 26.1. The van der Waals surface area contributed by atoms with Crippen molar-refractivity contribution in [1.82, 2.24) is 9.97 Å². The maximum absolute atomic E-state index is 13.7. The molecule has 2 N–H and O–H groups in total. The molecule has 1 aliphatic heterocycles. The Bertz CT molecular complexity index is 1200. The van der Waals surface area contributed by atoms with E-state index in [1.807, 2.05) is 24.3 Å². The molecule has 3 aromatic rings. The minimum absolute atomic E-state index is 0.166. The summed E-state index contributed by atoms with van der Waals surface area (Å²) < 4.78 is 18.5. The fourth-order valence-corrected chi connectivity index (χ4v) is 4.71. The van der Waals surface area contributed by atoms with Gasteiger partial charge < -0.3 is 15.2 Å². The van der Waals surface area contributed by atoms with Crippen molar-refractivity contribution in [2.24, 2.45) is 0 Å². The molecule has 8 nitrogen and oxygen atoms in total. The lowest BCUT2D eigenvalue weighted by molar-refractivity contribution is 0.181. The van der Waals surface area contributed by atoms with Gasteiger partial charge in [0, 0.05) is 29.2 Å². The van der Waals surface area contributed by atoms with Crippen molar-refractivity contribution < 1.29 is 19.0 Å². The standard InChI is InChI=1S/C24H24FN5O3.C5H12/c1-33-21-10-7-18(8-11-21)29-14-15-13-26-23(27-17-4-2-16(25)3-5-17)28-22(15)30(24(29)32)19-6-9-20(31)12-19;1-3-5-4-2/h2-5,7-8,10-11,13,19-20,31H,6,9,12,14H2,1H3,(H,26,27,28);3-5H2,1-2H3/t19-,20-;/m0./s1. The molecule has 1 aliphatic carbocycles. The highest BCUT2D eigenvalue weighted by Crippen LogP contribution is 2.37. The molecule has 1 aromatic heterocycles. The zero-order valence-electron chi connectivity index (χ0n) is 22.2. The quantitative estimate of drug-likeness (QED) is 0.373. The van der Waals surface area contributed by atoms with Gasteiger partial charge in [-0.3, -0.25) is 9.80 Å². The first-order chi connectivity index (χ1) is 18.4. The van der Waals surface area contributed by atoms with Crippen LogP contribution in [-0.4, -0.2) is 40.4 Å². The number of aromatic nitrogens is 2. The third kappa shape index (κ3) is 6.39. The van der Waals surface area contributed by atoms with Gasteiger partial charge >= 0.3 is 6.03 Å². The van der Waals surface area contributed by atoms with E-state index in [2.05, 4.69) is 29.1 Å². The Morgan fingerprint density at radius 2 is 1.79 bits per heavy atom. The third-order valence-electron chi connectivity index (χ3n) is 6.77. The van der Waals surface area contributed by atoms with Crippen molar-refractivity contribution in [3.8, 4) is 5.75 Å². The summed E-state index contributed by atoms with van der Waals surface area (Å²) in [6, 6.07) is 12.8. The summed E-state index contributed by atoms with van der Waals surface area (Å²) in [5.41, 5.74) is 2.18. The van der Waals surface area contributed by atoms with E-state index in [0.717, 1.165) is 11.3 Å². The summed E-state index contributed by atoms with van der Waals surface area (Å²) >= 11 is 0. The van der Waals surface area contributed by atoms with E-state index in [9.17, 15) is 14.3 Å². The van der Waals surface area contributed by atoms with Crippen molar-refractivity contribution >= 4 is 29.2 Å². The van der Waals surface area contributed by atoms with Crippen molar-refractivity contribution in [2.75, 3.05) is 22.2 Å². The normalized spacial score (nSPS) is 18.5. The average molecular weight is 522 g/mol. The third-order valence-corrected chi connectivity index (χ3v) is 6.77. The second-order valence-electron chi connectivity index (χ2n) is 9.59. The maximum Gasteiger partial charge on any atom is 0.330 e. The second-order valence-corrected chi connectivity index (χ2v) is 9.59. The number of aliphatic hydroxyl groups excluding tert-OH is 1. The first-order valence-electron chi connectivity index (χ1n) is 13.2. The maximum atomic E-state index is 13.7. The van der Waals surface area contributed by atoms with E-state index in [-0.39, 0.29) is 17.9 Å². The number of unbranched alkanes of at least 4 members (excludes halogenated alkanes) is 2. The van der Waals surface area contributed by atoms with Crippen molar-refractivity contribution in [3.63, 3.8) is 0 Å². The van der Waals surface area contributed by atoms with E-state index in [1.54, 1.807) is 35.2 Å². The molecule has 1 saturated carbocycles. The Kier molecular flexibility index (Phi) is 9.12. The monoisotopic (exact) mass is 521 g/mol. The molecule has 0 radical (unpaired) electrons. The lowest BCUT2D eigenvalue weighted by atomic mass is 10.1. The molecule has 1 fully saturated rings. The summed E-state index contributed by atoms with van der Waals surface area (Å²) in [7, 11) is 1.60. The molecule has 0 unspecified atom stereocenters. The first kappa shape index (κ1) is 27.3. The average Bonchev–Trinajstić information content (AvgIpc) is 3.36. The van der Waals surface area contributed by atoms with Crippen LogP contribution in [0, 0.1) is 5.82 Å². The highest BCUT2D eigenvalue weighted by molar-refractivity contribution is 6.06. The number of aliphatic hydroxyl groups is 1. The molecular formula is C29H36FN5O3. The van der Waals surface area contributed by atoms with Crippen LogP contribution >= 0.6 is 0 Å². The van der Waals surface area contributed by atoms with E-state index in [4.69, 9.17) is 4.74 Å². The molecule has 2 atom stereocenters. The summed E-state index contributed by atoms with van der Waals surface area (Å²) in [5.74, 6) is 1.22. The van der Waals surface area contributed by atoms with Gasteiger partial charge in [-0.1, -0.05) is 33.1 Å². The predicted molar refractivity (Wildman–Crippen MR) is 148 cm³/mol. The number of anilines is 4. The summed E-state index contributed by atoms with van der Waals surface area (Å²) in [6.07, 6.45) is 7.15. The predicted octanol–water partition coefficient (Wildman–Crippen LogP) is 6.42. The number of methoxy groups -OCH3 is 1. The van der Waals surface area contributed by atoms with Crippen LogP contribution in [-0.2, 0) is 6.54 Å². The highest BCUT2D eigenvalue weighted by Gasteiger charge is 2.40. The number of nitrogens with zero attached hydrogens (tertiary/aromatic N) is 4. The van der Waals surface area contributed by atoms with Gasteiger partial charge in [0.05, 0.1) is 19.8 Å². The zero-order valence-corrected chi connectivity index (χ0v) is 22.2. The van der Waals surface area contributed by atoms with E-state index in [1.165, 1.54) is 31.4 Å². The highest BCUT2D eigenvalue weighted by atomic mass is 19.1. The van der Waals surface area contributed by atoms with Crippen molar-refractivity contribution in [1.29, 1.82) is 0 Å². The molecule has 202 valence electrons. The first-order valence-corrected chi connectivity index (χ1v) is 13.2. The lowest BCUT2D eigenvalue weighted by Crippen LogP contribution is -2.52. The molecule has 2 amide bonds. The molecule has 2 aromatic carbocycles. The minimum atomic E-state index is -0.443. The van der Waals surface area contributed by atoms with Crippen LogP contribution < -0.4 is 19.9 Å². The van der Waals surface area contributed by atoms with E-state index in [0.29, 0.717) is 49.0 Å². The number of urea groups is 1. The molecule has 0 bridgehead atoms. The molecule has 0 spiro atoms. The van der Waals surface area contributed by atoms with Gasteiger partial charge in [0.25, 0.3) is 0 Å². The number of benzene rings is 2. The smallest absolute Gasteiger partial charge is 0.330 e. The molecule has 5 rings (SSSR count). The number of fused-ring (bicyclic) bond motifs is 1. The summed E-state index contributed by atoms with van der Waals surface area (Å²) in [5, 5.41) is 13.2. The molecule has 9 heteroatoms. The van der Waals surface area contributed by atoms with E-state index >= 15 is 0 Å². The van der Waals surface area contributed by atoms with Crippen LogP contribution in [0.25, 0.3) is 0 Å². The Morgan fingerprint density at radius 1 is 1.08 bits per heavy atom. The largest absolute Gasteiger partial charge is 0.497 e. The van der Waals surface area contributed by atoms with Crippen LogP contribution in [0.2, 0.25) is 0 Å². The number of halogens is 1. The number of rotatable bonds is 7. The Balaban J connectivity index is 0.000000617. The van der Waals surface area contributed by atoms with Gasteiger partial charge in [0.2, 0.25) is 5.95 Å². The number of hydrogen-bond acceptors (Lipinski definition) is 6. The van der Waals surface area contributed by atoms with Crippen LogP contribution in [0.1, 0.15) is 57.9 Å².